The Morgan fingerprint density at radius 2 is 2.28 bits per heavy atom. The first kappa shape index (κ1) is 11.3. The Bertz CT molecular complexity index is 535. The van der Waals surface area contributed by atoms with E-state index in [1.807, 2.05) is 18.5 Å². The molecular formula is C14H17N3O. The summed E-state index contributed by atoms with van der Waals surface area (Å²) in [5, 5.41) is 8.29. The lowest BCUT2D eigenvalue weighted by molar-refractivity contribution is 0.254. The van der Waals surface area contributed by atoms with Crippen LogP contribution in [0.3, 0.4) is 0 Å². The second kappa shape index (κ2) is 4.80. The minimum Gasteiger partial charge on any atom is -0.493 e. The molecule has 2 aromatic rings. The van der Waals surface area contributed by atoms with E-state index in [0.29, 0.717) is 12.5 Å². The first-order chi connectivity index (χ1) is 8.88. The van der Waals surface area contributed by atoms with Crippen molar-refractivity contribution in [2.24, 2.45) is 0 Å². The number of hydrogen-bond donors (Lipinski definition) is 0. The van der Waals surface area contributed by atoms with E-state index in [0.717, 1.165) is 31.0 Å². The molecule has 1 unspecified atom stereocenters. The molecule has 0 aliphatic carbocycles. The molecule has 4 nitrogen and oxygen atoms in total. The largest absolute Gasteiger partial charge is 0.493 e. The fourth-order valence-electron chi connectivity index (χ4n) is 2.49. The Morgan fingerprint density at radius 1 is 1.39 bits per heavy atom. The number of hydrogen-bond acceptors (Lipinski definition) is 3. The Kier molecular flexibility index (Phi) is 3.00. The van der Waals surface area contributed by atoms with Gasteiger partial charge in [-0.3, -0.25) is 0 Å². The molecule has 0 N–H and O–H groups in total. The van der Waals surface area contributed by atoms with Gasteiger partial charge in [0, 0.05) is 6.54 Å². The van der Waals surface area contributed by atoms with Crippen molar-refractivity contribution in [3.05, 3.63) is 42.0 Å². The summed E-state index contributed by atoms with van der Waals surface area (Å²) in [6.07, 6.45) is 3.90. The van der Waals surface area contributed by atoms with E-state index >= 15 is 0 Å². The van der Waals surface area contributed by atoms with Crippen molar-refractivity contribution in [1.29, 1.82) is 0 Å². The quantitative estimate of drug-likeness (QED) is 0.831. The van der Waals surface area contributed by atoms with E-state index in [9.17, 15) is 0 Å². The predicted octanol–water partition coefficient (Wildman–Crippen LogP) is 2.41. The molecule has 1 aliphatic rings. The standard InChI is InChI=1S/C14H17N3O/c1-2-7-17-10-15-16-14(17)12-8-11-5-3-4-6-13(11)18-9-12/h3-6,10,12H,2,7-9H2,1H3. The van der Waals surface area contributed by atoms with E-state index < -0.39 is 0 Å². The van der Waals surface area contributed by atoms with Gasteiger partial charge >= 0.3 is 0 Å². The lowest BCUT2D eigenvalue weighted by atomic mass is 9.96. The molecule has 1 aromatic carbocycles. The Balaban J connectivity index is 1.85. The minimum absolute atomic E-state index is 0.314. The van der Waals surface area contributed by atoms with Crippen LogP contribution >= 0.6 is 0 Å². The highest BCUT2D eigenvalue weighted by Crippen LogP contribution is 2.31. The zero-order chi connectivity index (χ0) is 12.4. The van der Waals surface area contributed by atoms with Crippen LogP contribution in [0.4, 0.5) is 0 Å². The van der Waals surface area contributed by atoms with Crippen molar-refractivity contribution < 1.29 is 4.74 Å². The van der Waals surface area contributed by atoms with Crippen molar-refractivity contribution in [3.8, 4) is 5.75 Å². The van der Waals surface area contributed by atoms with Crippen LogP contribution in [0.15, 0.2) is 30.6 Å². The fourth-order valence-corrected chi connectivity index (χ4v) is 2.49. The van der Waals surface area contributed by atoms with Crippen LogP contribution in [0.2, 0.25) is 0 Å². The average molecular weight is 243 g/mol. The molecule has 0 spiro atoms. The van der Waals surface area contributed by atoms with E-state index in [4.69, 9.17) is 4.74 Å². The van der Waals surface area contributed by atoms with E-state index in [1.54, 1.807) is 0 Å². The zero-order valence-electron chi connectivity index (χ0n) is 10.5. The van der Waals surface area contributed by atoms with Crippen molar-refractivity contribution in [2.45, 2.75) is 32.2 Å². The summed E-state index contributed by atoms with van der Waals surface area (Å²) in [4.78, 5) is 0. The monoisotopic (exact) mass is 243 g/mol. The number of fused-ring (bicyclic) bond motifs is 1. The van der Waals surface area contributed by atoms with Gasteiger partial charge in [-0.2, -0.15) is 0 Å². The number of benzene rings is 1. The van der Waals surface area contributed by atoms with Gasteiger partial charge in [-0.15, -0.1) is 10.2 Å². The summed E-state index contributed by atoms with van der Waals surface area (Å²) < 4.78 is 7.95. The lowest BCUT2D eigenvalue weighted by Gasteiger charge is -2.24. The van der Waals surface area contributed by atoms with Gasteiger partial charge in [0.1, 0.15) is 17.9 Å². The first-order valence-electron chi connectivity index (χ1n) is 6.47. The van der Waals surface area contributed by atoms with Crippen LogP contribution in [0.25, 0.3) is 0 Å². The molecular weight excluding hydrogens is 226 g/mol. The van der Waals surface area contributed by atoms with Crippen molar-refractivity contribution >= 4 is 0 Å². The van der Waals surface area contributed by atoms with Gasteiger partial charge in [0.25, 0.3) is 0 Å². The maximum atomic E-state index is 5.81. The van der Waals surface area contributed by atoms with Crippen LogP contribution in [-0.2, 0) is 13.0 Å². The number of rotatable bonds is 3. The third-order valence-corrected chi connectivity index (χ3v) is 3.35. The Labute approximate surface area is 107 Å². The summed E-state index contributed by atoms with van der Waals surface area (Å²) in [6.45, 7) is 3.83. The number of aryl methyl sites for hydroxylation is 1. The summed E-state index contributed by atoms with van der Waals surface area (Å²) in [7, 11) is 0. The number of aromatic nitrogens is 3. The van der Waals surface area contributed by atoms with E-state index in [2.05, 4.69) is 33.8 Å². The molecule has 1 aliphatic heterocycles. The summed E-state index contributed by atoms with van der Waals surface area (Å²) >= 11 is 0. The second-order valence-electron chi connectivity index (χ2n) is 4.70. The molecule has 1 atom stereocenters. The van der Waals surface area contributed by atoms with Crippen molar-refractivity contribution in [3.63, 3.8) is 0 Å². The van der Waals surface area contributed by atoms with Gasteiger partial charge in [-0.1, -0.05) is 25.1 Å². The second-order valence-corrected chi connectivity index (χ2v) is 4.70. The summed E-state index contributed by atoms with van der Waals surface area (Å²) in [5.41, 5.74) is 1.26. The highest BCUT2D eigenvalue weighted by atomic mass is 16.5. The minimum atomic E-state index is 0.314. The number of para-hydroxylation sites is 1. The molecule has 1 aromatic heterocycles. The molecule has 0 amide bonds. The molecule has 18 heavy (non-hydrogen) atoms. The Hall–Kier alpha value is -1.84. The summed E-state index contributed by atoms with van der Waals surface area (Å²) in [6, 6.07) is 8.23. The molecule has 0 saturated carbocycles. The highest BCUT2D eigenvalue weighted by Gasteiger charge is 2.24. The molecule has 0 radical (unpaired) electrons. The molecule has 4 heteroatoms. The van der Waals surface area contributed by atoms with Crippen LogP contribution in [0.5, 0.6) is 5.75 Å². The van der Waals surface area contributed by atoms with Gasteiger partial charge in [0.05, 0.1) is 12.5 Å². The molecule has 0 bridgehead atoms. The maximum absolute atomic E-state index is 5.81. The van der Waals surface area contributed by atoms with E-state index in [-0.39, 0.29) is 0 Å². The third kappa shape index (κ3) is 1.98. The normalized spacial score (nSPS) is 18.2. The van der Waals surface area contributed by atoms with Gasteiger partial charge in [0.15, 0.2) is 0 Å². The average Bonchev–Trinajstić information content (AvgIpc) is 2.87. The van der Waals surface area contributed by atoms with E-state index in [1.165, 1.54) is 5.56 Å². The number of nitrogens with zero attached hydrogens (tertiary/aromatic N) is 3. The van der Waals surface area contributed by atoms with Crippen LogP contribution < -0.4 is 4.74 Å². The van der Waals surface area contributed by atoms with Gasteiger partial charge in [0.2, 0.25) is 0 Å². The van der Waals surface area contributed by atoms with Gasteiger partial charge in [-0.05, 0) is 24.5 Å². The zero-order valence-corrected chi connectivity index (χ0v) is 10.5. The molecule has 0 fully saturated rings. The van der Waals surface area contributed by atoms with Crippen LogP contribution in [-0.4, -0.2) is 21.4 Å². The first-order valence-corrected chi connectivity index (χ1v) is 6.47. The Morgan fingerprint density at radius 3 is 3.17 bits per heavy atom. The lowest BCUT2D eigenvalue weighted by Crippen LogP contribution is -2.22. The molecule has 3 rings (SSSR count). The molecule has 0 saturated heterocycles. The fraction of sp³-hybridized carbons (Fsp3) is 0.429. The molecule has 2 heterocycles. The highest BCUT2D eigenvalue weighted by molar-refractivity contribution is 5.36. The smallest absolute Gasteiger partial charge is 0.139 e. The SMILES string of the molecule is CCCn1cnnc1C1COc2ccccc2C1. The predicted molar refractivity (Wildman–Crippen MR) is 68.7 cm³/mol. The van der Waals surface area contributed by atoms with Crippen LogP contribution in [0.1, 0.15) is 30.7 Å². The number of ether oxygens (including phenoxy) is 1. The van der Waals surface area contributed by atoms with Gasteiger partial charge < -0.3 is 9.30 Å². The summed E-state index contributed by atoms with van der Waals surface area (Å²) in [5.74, 6) is 2.37. The van der Waals surface area contributed by atoms with Gasteiger partial charge in [-0.25, -0.2) is 0 Å². The third-order valence-electron chi connectivity index (χ3n) is 3.35. The van der Waals surface area contributed by atoms with Crippen molar-refractivity contribution in [2.75, 3.05) is 6.61 Å². The van der Waals surface area contributed by atoms with Crippen LogP contribution in [0, 0.1) is 0 Å². The van der Waals surface area contributed by atoms with Crippen molar-refractivity contribution in [1.82, 2.24) is 14.8 Å². The topological polar surface area (TPSA) is 39.9 Å². The maximum Gasteiger partial charge on any atom is 0.139 e. The molecule has 94 valence electrons.